The van der Waals surface area contributed by atoms with E-state index in [1.54, 1.807) is 17.0 Å². The zero-order valence-corrected chi connectivity index (χ0v) is 9.25. The van der Waals surface area contributed by atoms with E-state index in [1.807, 2.05) is 31.1 Å². The highest BCUT2D eigenvalue weighted by Crippen LogP contribution is 2.14. The molecule has 0 aromatic heterocycles. The number of anilines is 2. The van der Waals surface area contributed by atoms with Crippen LogP contribution >= 0.6 is 0 Å². The molecule has 7 heteroatoms. The van der Waals surface area contributed by atoms with Gasteiger partial charge in [-0.1, -0.05) is 0 Å². The van der Waals surface area contributed by atoms with E-state index < -0.39 is 10.3 Å². The van der Waals surface area contributed by atoms with E-state index >= 15 is 0 Å². The molecule has 0 spiro atoms. The van der Waals surface area contributed by atoms with Gasteiger partial charge in [0.25, 0.3) is 0 Å². The van der Waals surface area contributed by atoms with Gasteiger partial charge in [-0.15, -0.1) is 4.83 Å². The largest absolute Gasteiger partial charge is 0.378 e. The van der Waals surface area contributed by atoms with Gasteiger partial charge in [0.15, 0.2) is 0 Å². The quantitative estimate of drug-likeness (QED) is 0.518. The van der Waals surface area contributed by atoms with E-state index in [0.29, 0.717) is 5.69 Å². The van der Waals surface area contributed by atoms with Gasteiger partial charge in [0.05, 0.1) is 5.69 Å². The SMILES string of the molecule is CN(C)c1ccc(NNS(=O)(=O)O)cc1. The maximum atomic E-state index is 10.4. The van der Waals surface area contributed by atoms with Crippen LogP contribution in [0.1, 0.15) is 0 Å². The molecule has 0 bridgehead atoms. The van der Waals surface area contributed by atoms with Gasteiger partial charge in [0, 0.05) is 19.8 Å². The fraction of sp³-hybridized carbons (Fsp3) is 0.250. The van der Waals surface area contributed by atoms with Crippen molar-refractivity contribution in [1.82, 2.24) is 4.83 Å². The van der Waals surface area contributed by atoms with Crippen molar-refractivity contribution in [2.75, 3.05) is 24.4 Å². The smallest absolute Gasteiger partial charge is 0.350 e. The van der Waals surface area contributed by atoms with E-state index in [4.69, 9.17) is 4.55 Å². The van der Waals surface area contributed by atoms with Crippen LogP contribution in [0.3, 0.4) is 0 Å². The molecule has 15 heavy (non-hydrogen) atoms. The van der Waals surface area contributed by atoms with E-state index in [-0.39, 0.29) is 0 Å². The molecule has 0 aliphatic rings. The third-order valence-corrected chi connectivity index (χ3v) is 2.07. The average molecular weight is 231 g/mol. The Kier molecular flexibility index (Phi) is 3.51. The second-order valence-corrected chi connectivity index (χ2v) is 4.30. The molecule has 0 unspecified atom stereocenters. The molecule has 84 valence electrons. The molecule has 1 aromatic carbocycles. The summed E-state index contributed by atoms with van der Waals surface area (Å²) in [6.07, 6.45) is 0. The highest BCUT2D eigenvalue weighted by molar-refractivity contribution is 7.83. The molecule has 0 aliphatic heterocycles. The van der Waals surface area contributed by atoms with Gasteiger partial charge in [-0.2, -0.15) is 8.42 Å². The summed E-state index contributed by atoms with van der Waals surface area (Å²) in [5, 5.41) is 0. The fourth-order valence-electron chi connectivity index (χ4n) is 0.966. The Bertz CT molecular complexity index is 413. The molecule has 0 amide bonds. The van der Waals surface area contributed by atoms with Gasteiger partial charge in [0.2, 0.25) is 0 Å². The van der Waals surface area contributed by atoms with Gasteiger partial charge < -0.3 is 10.3 Å². The number of nitrogens with one attached hydrogen (secondary N) is 2. The minimum atomic E-state index is -4.22. The van der Waals surface area contributed by atoms with Gasteiger partial charge in [-0.25, -0.2) is 0 Å². The van der Waals surface area contributed by atoms with E-state index in [0.717, 1.165) is 5.69 Å². The van der Waals surface area contributed by atoms with Crippen LogP contribution in [0, 0.1) is 0 Å². The summed E-state index contributed by atoms with van der Waals surface area (Å²) in [4.78, 5) is 3.67. The van der Waals surface area contributed by atoms with E-state index in [9.17, 15) is 8.42 Å². The molecule has 0 radical (unpaired) electrons. The Labute approximate surface area is 88.8 Å². The molecule has 1 rings (SSSR count). The molecule has 0 saturated heterocycles. The zero-order chi connectivity index (χ0) is 11.5. The normalized spacial score (nSPS) is 11.1. The van der Waals surface area contributed by atoms with Crippen LogP contribution in [0.2, 0.25) is 0 Å². The number of benzene rings is 1. The first-order chi connectivity index (χ1) is 6.88. The van der Waals surface area contributed by atoms with Crippen molar-refractivity contribution in [1.29, 1.82) is 0 Å². The Morgan fingerprint density at radius 2 is 1.73 bits per heavy atom. The number of rotatable bonds is 4. The van der Waals surface area contributed by atoms with Crippen molar-refractivity contribution in [3.05, 3.63) is 24.3 Å². The van der Waals surface area contributed by atoms with Crippen molar-refractivity contribution < 1.29 is 13.0 Å². The van der Waals surface area contributed by atoms with Gasteiger partial charge >= 0.3 is 10.3 Å². The summed E-state index contributed by atoms with van der Waals surface area (Å²) in [6, 6.07) is 7.00. The Morgan fingerprint density at radius 1 is 1.20 bits per heavy atom. The van der Waals surface area contributed by atoms with Gasteiger partial charge in [-0.3, -0.25) is 4.55 Å². The molecule has 0 atom stereocenters. The van der Waals surface area contributed by atoms with Crippen LogP contribution < -0.4 is 15.2 Å². The second kappa shape index (κ2) is 4.47. The molecular weight excluding hydrogens is 218 g/mol. The van der Waals surface area contributed by atoms with Gasteiger partial charge in [-0.05, 0) is 24.3 Å². The van der Waals surface area contributed by atoms with Crippen molar-refractivity contribution in [3.8, 4) is 0 Å². The first kappa shape index (κ1) is 11.8. The maximum Gasteiger partial charge on any atom is 0.350 e. The lowest BCUT2D eigenvalue weighted by Crippen LogP contribution is -2.28. The maximum absolute atomic E-state index is 10.4. The average Bonchev–Trinajstić information content (AvgIpc) is 2.14. The highest BCUT2D eigenvalue weighted by atomic mass is 32.2. The molecule has 0 fully saturated rings. The predicted octanol–water partition coefficient (Wildman–Crippen LogP) is 0.472. The molecular formula is C8H13N3O3S. The zero-order valence-electron chi connectivity index (χ0n) is 8.43. The van der Waals surface area contributed by atoms with E-state index in [2.05, 4.69) is 5.43 Å². The number of hydrazine groups is 1. The van der Waals surface area contributed by atoms with E-state index in [1.165, 1.54) is 0 Å². The summed E-state index contributed by atoms with van der Waals surface area (Å²) in [5.74, 6) is 0. The molecule has 1 aromatic rings. The van der Waals surface area contributed by atoms with Crippen molar-refractivity contribution >= 4 is 21.7 Å². The second-order valence-electron chi connectivity index (χ2n) is 3.14. The number of hydrogen-bond donors (Lipinski definition) is 3. The Morgan fingerprint density at radius 3 is 2.13 bits per heavy atom. The molecule has 0 saturated carbocycles. The Balaban J connectivity index is 2.65. The van der Waals surface area contributed by atoms with Crippen LogP contribution in [0.15, 0.2) is 24.3 Å². The van der Waals surface area contributed by atoms with Crippen molar-refractivity contribution in [3.63, 3.8) is 0 Å². The van der Waals surface area contributed by atoms with Crippen LogP contribution in [-0.4, -0.2) is 27.1 Å². The number of hydrogen-bond acceptors (Lipinski definition) is 4. The van der Waals surface area contributed by atoms with Crippen molar-refractivity contribution in [2.45, 2.75) is 0 Å². The van der Waals surface area contributed by atoms with Crippen LogP contribution in [0.5, 0.6) is 0 Å². The first-order valence-electron chi connectivity index (χ1n) is 4.16. The fourth-order valence-corrected chi connectivity index (χ4v) is 1.21. The standard InChI is InChI=1S/C8H13N3O3S/c1-11(2)8-5-3-7(4-6-8)9-10-15(12,13)14/h3-6,9-10H,1-2H3,(H,12,13,14). The lowest BCUT2D eigenvalue weighted by Gasteiger charge is -2.13. The molecule has 0 heterocycles. The Hall–Kier alpha value is -1.31. The first-order valence-corrected chi connectivity index (χ1v) is 5.60. The summed E-state index contributed by atoms with van der Waals surface area (Å²) in [6.45, 7) is 0. The summed E-state index contributed by atoms with van der Waals surface area (Å²) in [5.41, 5.74) is 3.88. The molecule has 0 aliphatic carbocycles. The monoisotopic (exact) mass is 231 g/mol. The third kappa shape index (κ3) is 4.15. The molecule has 3 N–H and O–H groups in total. The summed E-state index contributed by atoms with van der Waals surface area (Å²) in [7, 11) is -0.417. The predicted molar refractivity (Wildman–Crippen MR) is 59.1 cm³/mol. The summed E-state index contributed by atoms with van der Waals surface area (Å²) < 4.78 is 29.1. The third-order valence-electron chi connectivity index (χ3n) is 1.71. The van der Waals surface area contributed by atoms with Crippen LogP contribution in [-0.2, 0) is 10.3 Å². The van der Waals surface area contributed by atoms with Crippen LogP contribution in [0.4, 0.5) is 11.4 Å². The number of nitrogens with zero attached hydrogens (tertiary/aromatic N) is 1. The highest BCUT2D eigenvalue weighted by Gasteiger charge is 2.01. The minimum absolute atomic E-state index is 0.540. The van der Waals surface area contributed by atoms with Gasteiger partial charge in [0.1, 0.15) is 0 Å². The summed E-state index contributed by atoms with van der Waals surface area (Å²) >= 11 is 0. The van der Waals surface area contributed by atoms with Crippen LogP contribution in [0.25, 0.3) is 0 Å². The van der Waals surface area contributed by atoms with Crippen molar-refractivity contribution in [2.24, 2.45) is 0 Å². The minimum Gasteiger partial charge on any atom is -0.378 e. The molecule has 6 nitrogen and oxygen atoms in total. The lowest BCUT2D eigenvalue weighted by molar-refractivity contribution is 0.473. The topological polar surface area (TPSA) is 81.7 Å². The lowest BCUT2D eigenvalue weighted by atomic mass is 10.3.